The average Bonchev–Trinajstić information content (AvgIpc) is 3.62. The first-order valence-electron chi connectivity index (χ1n) is 12.8. The third-order valence-electron chi connectivity index (χ3n) is 7.11. The van der Waals surface area contributed by atoms with Gasteiger partial charge in [0.05, 0.1) is 36.0 Å². The Bertz CT molecular complexity index is 1440. The largest absolute Gasteiger partial charge is 0.408 e. The molecule has 202 valence electrons. The first-order valence-corrected chi connectivity index (χ1v) is 12.8. The molecule has 0 aromatic carbocycles. The van der Waals surface area contributed by atoms with E-state index in [2.05, 4.69) is 20.2 Å². The smallest absolute Gasteiger partial charge is 0.377 e. The zero-order valence-corrected chi connectivity index (χ0v) is 21.2. The Morgan fingerprint density at radius 3 is 2.61 bits per heavy atom. The van der Waals surface area contributed by atoms with Gasteiger partial charge in [0.2, 0.25) is 0 Å². The number of anilines is 1. The molecule has 4 aromatic heterocycles. The van der Waals surface area contributed by atoms with Crippen LogP contribution in [0, 0.1) is 0 Å². The van der Waals surface area contributed by atoms with Gasteiger partial charge in [-0.1, -0.05) is 0 Å². The van der Waals surface area contributed by atoms with Gasteiger partial charge in [0, 0.05) is 38.6 Å². The molecule has 0 spiro atoms. The third-order valence-corrected chi connectivity index (χ3v) is 7.11. The number of rotatable bonds is 5. The maximum atomic E-state index is 13.8. The second-order valence-corrected chi connectivity index (χ2v) is 9.78. The van der Waals surface area contributed by atoms with Crippen LogP contribution in [0.15, 0.2) is 30.6 Å². The van der Waals surface area contributed by atoms with E-state index in [0.717, 1.165) is 29.6 Å². The summed E-state index contributed by atoms with van der Waals surface area (Å²) in [6.45, 7) is 2.84. The first kappa shape index (κ1) is 24.9. The van der Waals surface area contributed by atoms with Crippen molar-refractivity contribution < 1.29 is 22.6 Å². The van der Waals surface area contributed by atoms with Gasteiger partial charge in [-0.25, -0.2) is 9.67 Å². The van der Waals surface area contributed by atoms with E-state index < -0.39 is 12.7 Å². The molecule has 13 heteroatoms. The van der Waals surface area contributed by atoms with Crippen LogP contribution >= 0.6 is 0 Å². The number of morpholine rings is 1. The van der Waals surface area contributed by atoms with Gasteiger partial charge >= 0.3 is 6.18 Å². The number of alkyl halides is 3. The number of hydrogen-bond acceptors (Lipinski definition) is 7. The number of aromatic nitrogens is 7. The number of pyridine rings is 1. The van der Waals surface area contributed by atoms with Gasteiger partial charge in [0.1, 0.15) is 23.3 Å². The summed E-state index contributed by atoms with van der Waals surface area (Å²) < 4.78 is 57.5. The minimum absolute atomic E-state index is 0.0485. The highest BCUT2D eigenvalue weighted by atomic mass is 19.4. The normalized spacial score (nSPS) is 20.9. The molecule has 0 saturated carbocycles. The van der Waals surface area contributed by atoms with Crippen LogP contribution in [0.1, 0.15) is 32.4 Å². The molecule has 4 aromatic rings. The quantitative estimate of drug-likeness (QED) is 0.383. The van der Waals surface area contributed by atoms with E-state index in [1.54, 1.807) is 27.8 Å². The standard InChI is InChI=1S/C25H29F3N8O2/c1-16-14-37-12-10-34(16)20-13-17(18-6-8-29-33(18)2)31-23-22(32-35(24(20)23)15-25(26,27)28)19-7-9-30-36(19)21-5-3-4-11-38-21/h6-9,13,16,21H,3-5,10-12,14-15H2,1-2H3/t16-,21?/m1/s1. The SMILES string of the molecule is C[C@@H]1COCCN1c1cc(-c2ccnn2C)nc2c(-c3ccnn3C3CCCCO3)nn(CC(F)(F)F)c12. The fraction of sp³-hybridized carbons (Fsp3) is 0.520. The highest BCUT2D eigenvalue weighted by Gasteiger charge is 2.34. The highest BCUT2D eigenvalue weighted by molar-refractivity contribution is 5.99. The lowest BCUT2D eigenvalue weighted by Crippen LogP contribution is -2.44. The van der Waals surface area contributed by atoms with Gasteiger partial charge in [-0.3, -0.25) is 9.36 Å². The van der Waals surface area contributed by atoms with Crippen LogP contribution in [0.4, 0.5) is 18.9 Å². The van der Waals surface area contributed by atoms with E-state index in [1.807, 2.05) is 26.1 Å². The second kappa shape index (κ2) is 9.70. The zero-order valence-electron chi connectivity index (χ0n) is 21.2. The summed E-state index contributed by atoms with van der Waals surface area (Å²) >= 11 is 0. The molecule has 38 heavy (non-hydrogen) atoms. The van der Waals surface area contributed by atoms with Gasteiger partial charge in [0.25, 0.3) is 0 Å². The number of aryl methyl sites for hydroxylation is 1. The minimum atomic E-state index is -4.47. The Morgan fingerprint density at radius 2 is 1.89 bits per heavy atom. The molecule has 0 radical (unpaired) electrons. The summed E-state index contributed by atoms with van der Waals surface area (Å²) in [4.78, 5) is 6.98. The monoisotopic (exact) mass is 530 g/mol. The number of ether oxygens (including phenoxy) is 2. The number of hydrogen-bond donors (Lipinski definition) is 0. The number of nitrogens with zero attached hydrogens (tertiary/aromatic N) is 8. The highest BCUT2D eigenvalue weighted by Crippen LogP contribution is 2.39. The van der Waals surface area contributed by atoms with Crippen molar-refractivity contribution in [3.05, 3.63) is 30.6 Å². The van der Waals surface area contributed by atoms with Gasteiger partial charge in [0.15, 0.2) is 6.23 Å². The molecule has 2 saturated heterocycles. The molecule has 2 aliphatic rings. The molecular weight excluding hydrogens is 501 g/mol. The molecule has 6 heterocycles. The summed E-state index contributed by atoms with van der Waals surface area (Å²) in [7, 11) is 1.81. The van der Waals surface area contributed by atoms with E-state index in [9.17, 15) is 13.2 Å². The van der Waals surface area contributed by atoms with Crippen LogP contribution in [0.3, 0.4) is 0 Å². The Labute approximate surface area is 216 Å². The van der Waals surface area contributed by atoms with Crippen LogP contribution in [0.2, 0.25) is 0 Å². The molecule has 2 aliphatic heterocycles. The van der Waals surface area contributed by atoms with Gasteiger partial charge in [-0.05, 0) is 44.4 Å². The van der Waals surface area contributed by atoms with Crippen LogP contribution < -0.4 is 4.90 Å². The zero-order chi connectivity index (χ0) is 26.4. The molecule has 6 rings (SSSR count). The van der Waals surface area contributed by atoms with Crippen molar-refractivity contribution in [2.45, 2.75) is 51.2 Å². The fourth-order valence-corrected chi connectivity index (χ4v) is 5.33. The number of fused-ring (bicyclic) bond motifs is 1. The molecular formula is C25H29F3N8O2. The van der Waals surface area contributed by atoms with E-state index in [0.29, 0.717) is 60.2 Å². The lowest BCUT2D eigenvalue weighted by molar-refractivity contribution is -0.141. The molecule has 0 aliphatic carbocycles. The van der Waals surface area contributed by atoms with E-state index in [-0.39, 0.29) is 12.3 Å². The van der Waals surface area contributed by atoms with Crippen LogP contribution in [-0.2, 0) is 23.1 Å². The maximum Gasteiger partial charge on any atom is 0.408 e. The van der Waals surface area contributed by atoms with Crippen molar-refractivity contribution in [1.82, 2.24) is 34.3 Å². The lowest BCUT2D eigenvalue weighted by atomic mass is 10.1. The predicted molar refractivity (Wildman–Crippen MR) is 133 cm³/mol. The average molecular weight is 531 g/mol. The lowest BCUT2D eigenvalue weighted by Gasteiger charge is -2.35. The van der Waals surface area contributed by atoms with E-state index in [1.165, 1.54) is 0 Å². The van der Waals surface area contributed by atoms with Crippen molar-refractivity contribution in [3.63, 3.8) is 0 Å². The van der Waals surface area contributed by atoms with Gasteiger partial charge in [-0.2, -0.15) is 28.5 Å². The fourth-order valence-electron chi connectivity index (χ4n) is 5.33. The van der Waals surface area contributed by atoms with Crippen LogP contribution in [0.25, 0.3) is 33.8 Å². The number of halogens is 3. The molecule has 2 fully saturated rings. The van der Waals surface area contributed by atoms with E-state index >= 15 is 0 Å². The maximum absolute atomic E-state index is 13.8. The molecule has 1 unspecified atom stereocenters. The predicted octanol–water partition coefficient (Wildman–Crippen LogP) is 4.18. The topological polar surface area (TPSA) is 88.1 Å². The van der Waals surface area contributed by atoms with Crippen LogP contribution in [0.5, 0.6) is 0 Å². The molecule has 0 amide bonds. The summed E-state index contributed by atoms with van der Waals surface area (Å²) in [5, 5.41) is 13.3. The summed E-state index contributed by atoms with van der Waals surface area (Å²) in [6, 6.07) is 5.38. The first-order chi connectivity index (χ1) is 18.3. The van der Waals surface area contributed by atoms with E-state index in [4.69, 9.17) is 14.5 Å². The Hall–Kier alpha value is -3.45. The van der Waals surface area contributed by atoms with Crippen molar-refractivity contribution in [2.24, 2.45) is 7.05 Å². The van der Waals surface area contributed by atoms with Gasteiger partial charge in [-0.15, -0.1) is 0 Å². The van der Waals surface area contributed by atoms with Crippen molar-refractivity contribution >= 4 is 16.7 Å². The Kier molecular flexibility index (Phi) is 6.34. The summed E-state index contributed by atoms with van der Waals surface area (Å²) in [5.74, 6) is 0. The van der Waals surface area contributed by atoms with Gasteiger partial charge < -0.3 is 14.4 Å². The summed E-state index contributed by atoms with van der Waals surface area (Å²) in [5.41, 5.74) is 3.57. The third kappa shape index (κ3) is 4.53. The Balaban J connectivity index is 1.62. The summed E-state index contributed by atoms with van der Waals surface area (Å²) in [6.07, 6.45) is 1.22. The minimum Gasteiger partial charge on any atom is -0.377 e. The Morgan fingerprint density at radius 1 is 1.08 bits per heavy atom. The van der Waals surface area contributed by atoms with Crippen molar-refractivity contribution in [1.29, 1.82) is 0 Å². The van der Waals surface area contributed by atoms with Crippen LogP contribution in [-0.4, -0.2) is 72.9 Å². The second-order valence-electron chi connectivity index (χ2n) is 9.78. The molecule has 0 bridgehead atoms. The molecule has 10 nitrogen and oxygen atoms in total. The van der Waals surface area contributed by atoms with Crippen molar-refractivity contribution in [2.75, 3.05) is 31.3 Å². The van der Waals surface area contributed by atoms with Crippen molar-refractivity contribution in [3.8, 4) is 22.8 Å². The molecule has 0 N–H and O–H groups in total. The molecule has 2 atom stereocenters.